The Kier molecular flexibility index (Phi) is 19.4. The van der Waals surface area contributed by atoms with Crippen molar-refractivity contribution >= 4 is 86.0 Å². The van der Waals surface area contributed by atoms with Gasteiger partial charge in [-0.1, -0.05) is 153 Å². The fraction of sp³-hybridized carbons (Fsp3) is 0.383. The Hall–Kier alpha value is -4.13. The van der Waals surface area contributed by atoms with Crippen LogP contribution in [0.25, 0.3) is 21.8 Å². The van der Waals surface area contributed by atoms with Gasteiger partial charge in [0.15, 0.2) is 11.4 Å². The largest absolute Gasteiger partial charge is 1.00 e. The Bertz CT molecular complexity index is 2440. The fourth-order valence-corrected chi connectivity index (χ4v) is 8.31. The number of nitrogens with one attached hydrogen (secondary N) is 2. The number of hydrogen-bond donors (Lipinski definition) is 2. The van der Waals surface area contributed by atoms with Crippen LogP contribution in [0.15, 0.2) is 84.9 Å². The monoisotopic (exact) mass is 983 g/mol. The van der Waals surface area contributed by atoms with Crippen LogP contribution in [-0.4, -0.2) is 56.5 Å². The average Bonchev–Trinajstić information content (AvgIpc) is 3.81. The molecule has 10 nitrogen and oxygen atoms in total. The third kappa shape index (κ3) is 13.4. The van der Waals surface area contributed by atoms with E-state index in [1.165, 1.54) is 38.5 Å². The van der Waals surface area contributed by atoms with E-state index in [2.05, 4.69) is 22.7 Å². The summed E-state index contributed by atoms with van der Waals surface area (Å²) in [5, 5.41) is 18.7. The molecule has 1 unspecified atom stereocenters. The van der Waals surface area contributed by atoms with E-state index >= 15 is 0 Å². The summed E-state index contributed by atoms with van der Waals surface area (Å²) in [5.74, 6) is -1.30. The zero-order valence-electron chi connectivity index (χ0n) is 34.8. The maximum absolute atomic E-state index is 14.0. The van der Waals surface area contributed by atoms with Crippen molar-refractivity contribution in [2.75, 3.05) is 13.2 Å². The van der Waals surface area contributed by atoms with Crippen LogP contribution in [0.3, 0.4) is 0 Å². The lowest BCUT2D eigenvalue weighted by Gasteiger charge is -2.17. The second-order valence-corrected chi connectivity index (χ2v) is 17.0. The van der Waals surface area contributed by atoms with Crippen molar-refractivity contribution in [3.05, 3.63) is 128 Å². The van der Waals surface area contributed by atoms with Gasteiger partial charge in [0, 0.05) is 37.4 Å². The highest BCUT2D eigenvalue weighted by atomic mass is 79.9. The van der Waals surface area contributed by atoms with E-state index in [0.717, 1.165) is 41.4 Å². The summed E-state index contributed by atoms with van der Waals surface area (Å²) in [7, 11) is 0. The smallest absolute Gasteiger partial charge is 0.328 e. The van der Waals surface area contributed by atoms with Gasteiger partial charge in [0.05, 0.1) is 30.7 Å². The molecule has 0 aliphatic rings. The topological polar surface area (TPSA) is 120 Å². The minimum Gasteiger partial charge on any atom is -1.00 e. The highest BCUT2D eigenvalue weighted by Gasteiger charge is 2.26. The van der Waals surface area contributed by atoms with E-state index in [1.54, 1.807) is 33.6 Å². The molecule has 330 valence electrons. The number of aromatic nitrogens is 4. The predicted molar refractivity (Wildman–Crippen MR) is 246 cm³/mol. The van der Waals surface area contributed by atoms with Crippen molar-refractivity contribution in [1.82, 2.24) is 30.2 Å². The molecule has 15 heteroatoms. The lowest BCUT2D eigenvalue weighted by Crippen LogP contribution is -3.00. The molecule has 0 aliphatic heterocycles. The number of carbonyl (C=O) groups excluding carboxylic acids is 3. The first kappa shape index (κ1) is 48.9. The molecule has 0 radical (unpaired) electrons. The number of para-hydroxylation sites is 2. The second kappa shape index (κ2) is 24.6. The van der Waals surface area contributed by atoms with Gasteiger partial charge in [-0.05, 0) is 73.2 Å². The Morgan fingerprint density at radius 3 is 1.66 bits per heavy atom. The van der Waals surface area contributed by atoms with Gasteiger partial charge in [-0.25, -0.2) is 4.79 Å². The number of hydrogen-bond acceptors (Lipinski definition) is 6. The van der Waals surface area contributed by atoms with E-state index in [4.69, 9.17) is 56.2 Å². The quantitative estimate of drug-likeness (QED) is 0.0489. The van der Waals surface area contributed by atoms with Gasteiger partial charge in [0.25, 0.3) is 11.8 Å². The SMILES string of the molecule is CCCCCCCCCCCOC(=O)C(CCCCNC(=O)c1nn(Cc2ccc(Cl)cc2Cl)c2ccccc12)NC(=O)c1nn(Cc2ccc(Cl)cc2Cl)c2ccccc12.[Br-]. The van der Waals surface area contributed by atoms with Crippen molar-refractivity contribution in [3.63, 3.8) is 0 Å². The number of esters is 1. The highest BCUT2D eigenvalue weighted by molar-refractivity contribution is 6.35. The van der Waals surface area contributed by atoms with E-state index in [-0.39, 0.29) is 35.2 Å². The molecule has 0 saturated heterocycles. The minimum absolute atomic E-state index is 0. The Balaban J connectivity index is 0.00000726. The van der Waals surface area contributed by atoms with Crippen LogP contribution in [0.4, 0.5) is 0 Å². The fourth-order valence-electron chi connectivity index (χ4n) is 7.37. The first-order valence-electron chi connectivity index (χ1n) is 21.2. The van der Waals surface area contributed by atoms with Crippen LogP contribution in [-0.2, 0) is 22.6 Å². The van der Waals surface area contributed by atoms with Crippen molar-refractivity contribution in [2.45, 2.75) is 103 Å². The molecule has 0 saturated carbocycles. The zero-order valence-corrected chi connectivity index (χ0v) is 39.4. The minimum atomic E-state index is -0.921. The van der Waals surface area contributed by atoms with Crippen LogP contribution >= 0.6 is 46.4 Å². The molecule has 2 amide bonds. The zero-order chi connectivity index (χ0) is 43.1. The number of ether oxygens (including phenoxy) is 1. The summed E-state index contributed by atoms with van der Waals surface area (Å²) >= 11 is 25.2. The van der Waals surface area contributed by atoms with Gasteiger partial charge < -0.3 is 32.4 Å². The highest BCUT2D eigenvalue weighted by Crippen LogP contribution is 2.27. The molecule has 4 aromatic carbocycles. The number of rotatable bonds is 23. The Morgan fingerprint density at radius 2 is 1.13 bits per heavy atom. The summed E-state index contributed by atoms with van der Waals surface area (Å²) < 4.78 is 9.22. The van der Waals surface area contributed by atoms with E-state index in [9.17, 15) is 14.4 Å². The molecule has 2 aromatic heterocycles. The molecule has 1 atom stereocenters. The molecule has 0 bridgehead atoms. The molecular weight excluding hydrogens is 934 g/mol. The molecule has 0 spiro atoms. The van der Waals surface area contributed by atoms with Crippen LogP contribution in [0.2, 0.25) is 20.1 Å². The molecule has 2 N–H and O–H groups in total. The second-order valence-electron chi connectivity index (χ2n) is 15.3. The number of carbonyl (C=O) groups is 3. The standard InChI is InChI=1S/C47H52Cl4N6O4.BrH/c1-2-3-4-5-6-7-8-9-16-27-61-47(60)40(53-46(59)44-37-18-11-13-21-42(37)57(55-44)31-33-23-25-35(49)29-39(33)51)19-14-15-26-52-45(58)43-36-17-10-12-20-41(36)56(54-43)30-32-22-24-34(48)28-38(32)50;/h10-13,17-18,20-25,28-29,40H,2-9,14-16,19,26-27,30-31H2,1H3,(H,52,58)(H,53,59);1H/p-1. The number of unbranched alkanes of at least 4 members (excludes halogenated alkanes) is 9. The van der Waals surface area contributed by atoms with Gasteiger partial charge in [-0.3, -0.25) is 19.0 Å². The van der Waals surface area contributed by atoms with Crippen molar-refractivity contribution in [3.8, 4) is 0 Å². The number of amides is 2. The Morgan fingerprint density at radius 1 is 0.629 bits per heavy atom. The van der Waals surface area contributed by atoms with Gasteiger partial charge in [-0.15, -0.1) is 0 Å². The van der Waals surface area contributed by atoms with E-state index in [0.29, 0.717) is 75.5 Å². The first-order chi connectivity index (χ1) is 29.6. The van der Waals surface area contributed by atoms with Crippen LogP contribution in [0.1, 0.15) is 116 Å². The first-order valence-corrected chi connectivity index (χ1v) is 22.7. The maximum atomic E-state index is 14.0. The average molecular weight is 987 g/mol. The maximum Gasteiger partial charge on any atom is 0.328 e. The third-order valence-corrected chi connectivity index (χ3v) is 11.9. The lowest BCUT2D eigenvalue weighted by molar-refractivity contribution is -0.146. The molecule has 2 heterocycles. The number of benzene rings is 4. The van der Waals surface area contributed by atoms with E-state index < -0.39 is 17.9 Å². The third-order valence-electron chi connectivity index (χ3n) is 10.7. The molecular formula is C47H52BrCl4N6O4-. The van der Waals surface area contributed by atoms with Gasteiger partial charge in [0.2, 0.25) is 0 Å². The summed E-state index contributed by atoms with van der Waals surface area (Å²) in [4.78, 5) is 41.0. The summed E-state index contributed by atoms with van der Waals surface area (Å²) in [6.45, 7) is 3.50. The molecule has 6 aromatic rings. The Labute approximate surface area is 393 Å². The van der Waals surface area contributed by atoms with Crippen molar-refractivity contribution in [2.24, 2.45) is 0 Å². The molecule has 0 fully saturated rings. The van der Waals surface area contributed by atoms with Crippen molar-refractivity contribution < 1.29 is 36.1 Å². The summed E-state index contributed by atoms with van der Waals surface area (Å²) in [6, 6.07) is 24.6. The summed E-state index contributed by atoms with van der Waals surface area (Å²) in [5.41, 5.74) is 3.64. The van der Waals surface area contributed by atoms with Crippen LogP contribution in [0, 0.1) is 0 Å². The van der Waals surface area contributed by atoms with Gasteiger partial charge in [0.1, 0.15) is 6.04 Å². The number of nitrogens with zero attached hydrogens (tertiary/aromatic N) is 4. The van der Waals surface area contributed by atoms with Crippen molar-refractivity contribution in [1.29, 1.82) is 0 Å². The lowest BCUT2D eigenvalue weighted by atomic mass is 10.1. The van der Waals surface area contributed by atoms with E-state index in [1.807, 2.05) is 60.7 Å². The predicted octanol–water partition coefficient (Wildman–Crippen LogP) is 8.87. The molecule has 62 heavy (non-hydrogen) atoms. The molecule has 6 rings (SSSR count). The summed E-state index contributed by atoms with van der Waals surface area (Å²) in [6.07, 6.45) is 11.7. The number of halogens is 5. The molecule has 0 aliphatic carbocycles. The van der Waals surface area contributed by atoms with Gasteiger partial charge in [-0.2, -0.15) is 10.2 Å². The van der Waals surface area contributed by atoms with Gasteiger partial charge >= 0.3 is 5.97 Å². The number of fused-ring (bicyclic) bond motifs is 2. The van der Waals surface area contributed by atoms with Crippen LogP contribution < -0.4 is 27.6 Å². The normalized spacial score (nSPS) is 11.7. The van der Waals surface area contributed by atoms with Crippen LogP contribution in [0.5, 0.6) is 0 Å².